The standard InChI is InChI=1S/C15H12ClF3N2O/c16-11-5-3-4-10(8-11)14(12-6-1-2-7-20-12)21-13(22)9-15(17,18)19/h1-8,14H,9H2,(H,21,22). The molecule has 0 saturated carbocycles. The van der Waals surface area contributed by atoms with Gasteiger partial charge in [-0.1, -0.05) is 29.8 Å². The third-order valence-electron chi connectivity index (χ3n) is 2.83. The van der Waals surface area contributed by atoms with Gasteiger partial charge in [0.2, 0.25) is 5.91 Å². The second-order valence-corrected chi connectivity index (χ2v) is 5.04. The lowest BCUT2D eigenvalue weighted by atomic mass is 10.0. The average molecular weight is 329 g/mol. The fraction of sp³-hybridized carbons (Fsp3) is 0.200. The highest BCUT2D eigenvalue weighted by Crippen LogP contribution is 2.25. The zero-order valence-corrected chi connectivity index (χ0v) is 12.0. The van der Waals surface area contributed by atoms with Crippen LogP contribution in [-0.2, 0) is 4.79 Å². The third-order valence-corrected chi connectivity index (χ3v) is 3.07. The highest BCUT2D eigenvalue weighted by Gasteiger charge is 2.32. The molecule has 0 radical (unpaired) electrons. The van der Waals surface area contributed by atoms with Crippen molar-refractivity contribution < 1.29 is 18.0 Å². The molecule has 1 unspecified atom stereocenters. The number of hydrogen-bond acceptors (Lipinski definition) is 2. The molecule has 1 amide bonds. The van der Waals surface area contributed by atoms with E-state index >= 15 is 0 Å². The lowest BCUT2D eigenvalue weighted by Gasteiger charge is -2.19. The first kappa shape index (κ1) is 16.3. The summed E-state index contributed by atoms with van der Waals surface area (Å²) in [5, 5.41) is 2.77. The normalized spacial score (nSPS) is 12.7. The molecule has 0 bridgehead atoms. The SMILES string of the molecule is O=C(CC(F)(F)F)NC(c1cccc(Cl)c1)c1ccccn1. The first-order valence-electron chi connectivity index (χ1n) is 6.38. The van der Waals surface area contributed by atoms with Crippen LogP contribution in [0.25, 0.3) is 0 Å². The molecule has 0 spiro atoms. The summed E-state index contributed by atoms with van der Waals surface area (Å²) in [6, 6.07) is 10.7. The summed E-state index contributed by atoms with van der Waals surface area (Å²) < 4.78 is 37.0. The highest BCUT2D eigenvalue weighted by atomic mass is 35.5. The van der Waals surface area contributed by atoms with Crippen molar-refractivity contribution in [3.05, 3.63) is 64.9 Å². The zero-order valence-electron chi connectivity index (χ0n) is 11.3. The Morgan fingerprint density at radius 1 is 1.23 bits per heavy atom. The van der Waals surface area contributed by atoms with Crippen molar-refractivity contribution >= 4 is 17.5 Å². The molecule has 1 aromatic carbocycles. The van der Waals surface area contributed by atoms with E-state index in [1.54, 1.807) is 42.5 Å². The summed E-state index contributed by atoms with van der Waals surface area (Å²) in [4.78, 5) is 15.7. The van der Waals surface area contributed by atoms with Gasteiger partial charge in [0, 0.05) is 11.2 Å². The molecule has 0 aliphatic heterocycles. The van der Waals surface area contributed by atoms with Crippen molar-refractivity contribution in [1.82, 2.24) is 10.3 Å². The predicted octanol–water partition coefficient (Wildman–Crippen LogP) is 3.89. The average Bonchev–Trinajstić information content (AvgIpc) is 2.44. The molecule has 116 valence electrons. The van der Waals surface area contributed by atoms with Crippen LogP contribution in [0.1, 0.15) is 23.7 Å². The topological polar surface area (TPSA) is 42.0 Å². The van der Waals surface area contributed by atoms with Crippen molar-refractivity contribution in [2.45, 2.75) is 18.6 Å². The Bertz CT molecular complexity index is 647. The van der Waals surface area contributed by atoms with Crippen LogP contribution in [0.15, 0.2) is 48.7 Å². The fourth-order valence-corrected chi connectivity index (χ4v) is 2.15. The quantitative estimate of drug-likeness (QED) is 0.925. The number of nitrogens with one attached hydrogen (secondary N) is 1. The molecule has 0 fully saturated rings. The molecule has 2 rings (SSSR count). The lowest BCUT2D eigenvalue weighted by molar-refractivity contribution is -0.154. The number of nitrogens with zero attached hydrogens (tertiary/aromatic N) is 1. The van der Waals surface area contributed by atoms with Crippen LogP contribution in [0.2, 0.25) is 5.02 Å². The van der Waals surface area contributed by atoms with E-state index < -0.39 is 24.5 Å². The zero-order chi connectivity index (χ0) is 16.2. The van der Waals surface area contributed by atoms with E-state index in [0.717, 1.165) is 0 Å². The molecule has 2 aromatic rings. The summed E-state index contributed by atoms with van der Waals surface area (Å²) in [6.45, 7) is 0. The van der Waals surface area contributed by atoms with E-state index in [1.165, 1.54) is 6.20 Å². The minimum Gasteiger partial charge on any atom is -0.343 e. The predicted molar refractivity (Wildman–Crippen MR) is 76.3 cm³/mol. The summed E-state index contributed by atoms with van der Waals surface area (Å²) >= 11 is 5.91. The first-order valence-corrected chi connectivity index (χ1v) is 6.75. The molecule has 7 heteroatoms. The van der Waals surface area contributed by atoms with Crippen LogP contribution in [-0.4, -0.2) is 17.1 Å². The fourth-order valence-electron chi connectivity index (χ4n) is 1.95. The number of amides is 1. The van der Waals surface area contributed by atoms with Gasteiger partial charge in [0.1, 0.15) is 6.42 Å². The number of halogens is 4. The second-order valence-electron chi connectivity index (χ2n) is 4.60. The van der Waals surface area contributed by atoms with E-state index in [4.69, 9.17) is 11.6 Å². The maximum absolute atomic E-state index is 12.3. The molecule has 0 aliphatic carbocycles. The molecule has 22 heavy (non-hydrogen) atoms. The summed E-state index contributed by atoms with van der Waals surface area (Å²) in [6.07, 6.45) is -4.60. The molecule has 1 atom stereocenters. The molecule has 3 nitrogen and oxygen atoms in total. The van der Waals surface area contributed by atoms with Crippen LogP contribution in [0.3, 0.4) is 0 Å². The van der Waals surface area contributed by atoms with E-state index in [-0.39, 0.29) is 0 Å². The van der Waals surface area contributed by atoms with E-state index in [2.05, 4.69) is 10.3 Å². The van der Waals surface area contributed by atoms with Crippen molar-refractivity contribution in [3.63, 3.8) is 0 Å². The molecular formula is C15H12ClF3N2O. The van der Waals surface area contributed by atoms with Gasteiger partial charge < -0.3 is 5.32 Å². The lowest BCUT2D eigenvalue weighted by Crippen LogP contribution is -2.33. The molecule has 1 aromatic heterocycles. The van der Waals surface area contributed by atoms with Gasteiger partial charge in [-0.25, -0.2) is 0 Å². The van der Waals surface area contributed by atoms with Gasteiger partial charge >= 0.3 is 6.18 Å². The number of alkyl halides is 3. The molecule has 1 N–H and O–H groups in total. The van der Waals surface area contributed by atoms with Gasteiger partial charge in [0.25, 0.3) is 0 Å². The van der Waals surface area contributed by atoms with Gasteiger partial charge in [0.05, 0.1) is 11.7 Å². The minimum absolute atomic E-state index is 0.420. The van der Waals surface area contributed by atoms with Crippen molar-refractivity contribution in [3.8, 4) is 0 Å². The van der Waals surface area contributed by atoms with Gasteiger partial charge in [-0.15, -0.1) is 0 Å². The van der Waals surface area contributed by atoms with Crippen LogP contribution in [0.5, 0.6) is 0 Å². The van der Waals surface area contributed by atoms with Crippen molar-refractivity contribution in [2.75, 3.05) is 0 Å². The van der Waals surface area contributed by atoms with Crippen LogP contribution in [0, 0.1) is 0 Å². The summed E-state index contributed by atoms with van der Waals surface area (Å²) in [7, 11) is 0. The highest BCUT2D eigenvalue weighted by molar-refractivity contribution is 6.30. The van der Waals surface area contributed by atoms with Crippen LogP contribution < -0.4 is 5.32 Å². The van der Waals surface area contributed by atoms with E-state index in [0.29, 0.717) is 16.3 Å². The molecule has 1 heterocycles. The Hall–Kier alpha value is -2.08. The monoisotopic (exact) mass is 328 g/mol. The Morgan fingerprint density at radius 2 is 2.00 bits per heavy atom. The largest absolute Gasteiger partial charge is 0.397 e. The van der Waals surface area contributed by atoms with Crippen molar-refractivity contribution in [2.24, 2.45) is 0 Å². The maximum Gasteiger partial charge on any atom is 0.397 e. The number of aromatic nitrogens is 1. The number of pyridine rings is 1. The Balaban J connectivity index is 2.29. The number of carbonyl (C=O) groups is 1. The maximum atomic E-state index is 12.3. The summed E-state index contributed by atoms with van der Waals surface area (Å²) in [5.41, 5.74) is 0.988. The Labute approximate surface area is 130 Å². The van der Waals surface area contributed by atoms with E-state index in [1.807, 2.05) is 0 Å². The summed E-state index contributed by atoms with van der Waals surface area (Å²) in [5.74, 6) is -1.12. The van der Waals surface area contributed by atoms with Crippen molar-refractivity contribution in [1.29, 1.82) is 0 Å². The molecule has 0 aliphatic rings. The number of benzene rings is 1. The molecular weight excluding hydrogens is 317 g/mol. The molecule has 0 saturated heterocycles. The van der Waals surface area contributed by atoms with Gasteiger partial charge in [-0.3, -0.25) is 9.78 Å². The van der Waals surface area contributed by atoms with Gasteiger partial charge in [-0.05, 0) is 29.8 Å². The minimum atomic E-state index is -4.56. The number of rotatable bonds is 4. The third kappa shape index (κ3) is 4.73. The van der Waals surface area contributed by atoms with Crippen LogP contribution in [0.4, 0.5) is 13.2 Å². The Kier molecular flexibility index (Phi) is 5.03. The van der Waals surface area contributed by atoms with E-state index in [9.17, 15) is 18.0 Å². The van der Waals surface area contributed by atoms with Gasteiger partial charge in [-0.2, -0.15) is 13.2 Å². The smallest absolute Gasteiger partial charge is 0.343 e. The number of hydrogen-bond donors (Lipinski definition) is 1. The van der Waals surface area contributed by atoms with Crippen LogP contribution >= 0.6 is 11.6 Å². The first-order chi connectivity index (χ1) is 10.3. The number of carbonyl (C=O) groups excluding carboxylic acids is 1. The second kappa shape index (κ2) is 6.79. The Morgan fingerprint density at radius 3 is 2.59 bits per heavy atom. The van der Waals surface area contributed by atoms with Gasteiger partial charge in [0.15, 0.2) is 0 Å².